The Balaban J connectivity index is 1.62. The van der Waals surface area contributed by atoms with Crippen molar-refractivity contribution in [2.45, 2.75) is 20.8 Å². The normalized spacial score (nSPS) is 10.9. The number of hydrogen-bond donors (Lipinski definition) is 0. The van der Waals surface area contributed by atoms with Crippen LogP contribution in [0.1, 0.15) is 41.7 Å². The van der Waals surface area contributed by atoms with Gasteiger partial charge in [0.05, 0.1) is 0 Å². The molecule has 35 heavy (non-hydrogen) atoms. The number of carbonyl (C=O) groups is 2. The number of esters is 2. The maximum absolute atomic E-state index is 11.6. The number of ether oxygens (including phenoxy) is 2. The Hall–Kier alpha value is -4.44. The van der Waals surface area contributed by atoms with Gasteiger partial charge in [-0.1, -0.05) is 79.9 Å². The van der Waals surface area contributed by atoms with Crippen molar-refractivity contribution < 1.29 is 19.1 Å². The van der Waals surface area contributed by atoms with Crippen LogP contribution >= 0.6 is 0 Å². The molecule has 0 amide bonds. The molecule has 0 fully saturated rings. The highest BCUT2D eigenvalue weighted by molar-refractivity contribution is 5.89. The summed E-state index contributed by atoms with van der Waals surface area (Å²) in [6.07, 6.45) is 8.13. The van der Waals surface area contributed by atoms with Crippen LogP contribution in [0.4, 0.5) is 0 Å². The highest BCUT2D eigenvalue weighted by Crippen LogP contribution is 2.20. The van der Waals surface area contributed by atoms with Crippen LogP contribution in [-0.2, 0) is 9.59 Å². The molecule has 0 aliphatic heterocycles. The molecule has 0 saturated carbocycles. The van der Waals surface area contributed by atoms with Crippen molar-refractivity contribution in [1.29, 1.82) is 0 Å². The number of hydrogen-bond acceptors (Lipinski definition) is 4. The number of rotatable bonds is 8. The first-order chi connectivity index (χ1) is 16.7. The van der Waals surface area contributed by atoms with E-state index in [4.69, 9.17) is 9.47 Å². The molecule has 0 aromatic heterocycles. The summed E-state index contributed by atoms with van der Waals surface area (Å²) >= 11 is 0. The quantitative estimate of drug-likeness (QED) is 0.152. The molecule has 4 heteroatoms. The maximum atomic E-state index is 11.6. The van der Waals surface area contributed by atoms with Crippen LogP contribution in [0.5, 0.6) is 11.5 Å². The summed E-state index contributed by atoms with van der Waals surface area (Å²) in [5.41, 5.74) is 6.08. The van der Waals surface area contributed by atoms with Crippen LogP contribution in [0, 0.1) is 6.92 Å². The summed E-state index contributed by atoms with van der Waals surface area (Å²) in [6.45, 7) is 12.5. The lowest BCUT2D eigenvalue weighted by Crippen LogP contribution is -2.07. The number of benzene rings is 3. The van der Waals surface area contributed by atoms with Crippen LogP contribution in [0.15, 0.2) is 91.0 Å². The zero-order chi connectivity index (χ0) is 25.4. The van der Waals surface area contributed by atoms with E-state index in [1.807, 2.05) is 42.5 Å². The molecule has 0 atom stereocenters. The topological polar surface area (TPSA) is 52.6 Å². The molecule has 0 heterocycles. The summed E-state index contributed by atoms with van der Waals surface area (Å²) in [6, 6.07) is 20.9. The fourth-order valence-electron chi connectivity index (χ4n) is 3.05. The monoisotopic (exact) mass is 464 g/mol. The van der Waals surface area contributed by atoms with E-state index in [-0.39, 0.29) is 0 Å². The van der Waals surface area contributed by atoms with Gasteiger partial charge < -0.3 is 9.47 Å². The van der Waals surface area contributed by atoms with Gasteiger partial charge in [-0.15, -0.1) is 0 Å². The van der Waals surface area contributed by atoms with Gasteiger partial charge in [0.1, 0.15) is 11.5 Å². The maximum Gasteiger partial charge on any atom is 0.338 e. The minimum atomic E-state index is -0.431. The molecular formula is C31H28O4. The second-order valence-corrected chi connectivity index (χ2v) is 8.26. The van der Waals surface area contributed by atoms with E-state index in [1.165, 1.54) is 0 Å². The van der Waals surface area contributed by atoms with Gasteiger partial charge in [-0.2, -0.15) is 0 Å². The Morgan fingerprint density at radius 2 is 1.03 bits per heavy atom. The Labute approximate surface area is 206 Å². The van der Waals surface area contributed by atoms with Gasteiger partial charge in [-0.25, -0.2) is 9.59 Å². The predicted molar refractivity (Wildman–Crippen MR) is 143 cm³/mol. The molecule has 3 aromatic rings. The van der Waals surface area contributed by atoms with Gasteiger partial charge in [-0.3, -0.25) is 0 Å². The molecule has 0 aliphatic carbocycles. The summed E-state index contributed by atoms with van der Waals surface area (Å²) < 4.78 is 10.4. The lowest BCUT2D eigenvalue weighted by Gasteiger charge is -2.05. The van der Waals surface area contributed by atoms with Crippen molar-refractivity contribution in [2.75, 3.05) is 0 Å². The Morgan fingerprint density at radius 3 is 1.46 bits per heavy atom. The second kappa shape index (κ2) is 11.6. The third-order valence-corrected chi connectivity index (χ3v) is 5.10. The summed E-state index contributed by atoms with van der Waals surface area (Å²) in [5.74, 6) is 0.118. The first-order valence-corrected chi connectivity index (χ1v) is 11.1. The third kappa shape index (κ3) is 7.54. The average Bonchev–Trinajstić information content (AvgIpc) is 2.83. The van der Waals surface area contributed by atoms with Gasteiger partial charge in [-0.05, 0) is 72.9 Å². The molecule has 0 saturated heterocycles. The van der Waals surface area contributed by atoms with Crippen LogP contribution < -0.4 is 9.47 Å². The SMILES string of the molecule is C=C(C)C(=O)Oc1ccc(C=Cc2ccc(C=Cc3ccc(OC(=O)C(=C)C)cc3)c(C)c2)cc1. The standard InChI is InChI=1S/C31H28O4/c1-21(2)30(32)34-28-16-10-24(11-17-28)6-7-26-9-15-27(23(5)20-26)14-8-25-12-18-29(19-13-25)35-31(33)22(3)4/h6-20H,1,3H2,2,4-5H3. The van der Waals surface area contributed by atoms with Gasteiger partial charge in [0, 0.05) is 11.1 Å². The Bertz CT molecular complexity index is 1310. The van der Waals surface area contributed by atoms with Crippen LogP contribution in [0.2, 0.25) is 0 Å². The molecule has 0 radical (unpaired) electrons. The molecule has 0 spiro atoms. The fourth-order valence-corrected chi connectivity index (χ4v) is 3.05. The van der Waals surface area contributed by atoms with Crippen molar-refractivity contribution in [3.63, 3.8) is 0 Å². The van der Waals surface area contributed by atoms with Crippen LogP contribution in [0.3, 0.4) is 0 Å². The minimum Gasteiger partial charge on any atom is -0.423 e. The molecule has 3 aromatic carbocycles. The Morgan fingerprint density at radius 1 is 0.629 bits per heavy atom. The van der Waals surface area contributed by atoms with E-state index in [0.29, 0.717) is 22.6 Å². The molecule has 3 rings (SSSR count). The van der Waals surface area contributed by atoms with E-state index in [9.17, 15) is 9.59 Å². The number of aryl methyl sites for hydroxylation is 1. The molecule has 0 N–H and O–H groups in total. The van der Waals surface area contributed by atoms with E-state index < -0.39 is 11.9 Å². The van der Waals surface area contributed by atoms with E-state index >= 15 is 0 Å². The van der Waals surface area contributed by atoms with Crippen molar-refractivity contribution in [3.05, 3.63) is 119 Å². The molecule has 0 unspecified atom stereocenters. The molecule has 4 nitrogen and oxygen atoms in total. The van der Waals surface area contributed by atoms with E-state index in [0.717, 1.165) is 27.8 Å². The van der Waals surface area contributed by atoms with Gasteiger partial charge in [0.2, 0.25) is 0 Å². The first kappa shape index (κ1) is 25.2. The average molecular weight is 465 g/mol. The summed E-state index contributed by atoms with van der Waals surface area (Å²) in [5, 5.41) is 0. The molecule has 176 valence electrons. The summed E-state index contributed by atoms with van der Waals surface area (Å²) in [7, 11) is 0. The molecule has 0 aliphatic rings. The van der Waals surface area contributed by atoms with Gasteiger partial charge >= 0.3 is 11.9 Å². The number of carbonyl (C=O) groups excluding carboxylic acids is 2. The van der Waals surface area contributed by atoms with Gasteiger partial charge in [0.25, 0.3) is 0 Å². The van der Waals surface area contributed by atoms with Crippen molar-refractivity contribution in [3.8, 4) is 11.5 Å². The van der Waals surface area contributed by atoms with Crippen molar-refractivity contribution in [1.82, 2.24) is 0 Å². The zero-order valence-electron chi connectivity index (χ0n) is 20.2. The predicted octanol–water partition coefficient (Wildman–Crippen LogP) is 7.30. The van der Waals surface area contributed by atoms with E-state index in [1.54, 1.807) is 38.1 Å². The second-order valence-electron chi connectivity index (χ2n) is 8.26. The van der Waals surface area contributed by atoms with E-state index in [2.05, 4.69) is 44.4 Å². The first-order valence-electron chi connectivity index (χ1n) is 11.1. The lowest BCUT2D eigenvalue weighted by atomic mass is 10.0. The molecule has 0 bridgehead atoms. The fraction of sp³-hybridized carbons (Fsp3) is 0.0968. The highest BCUT2D eigenvalue weighted by Gasteiger charge is 2.05. The van der Waals surface area contributed by atoms with Crippen molar-refractivity contribution >= 4 is 36.2 Å². The Kier molecular flexibility index (Phi) is 8.36. The largest absolute Gasteiger partial charge is 0.423 e. The highest BCUT2D eigenvalue weighted by atomic mass is 16.5. The third-order valence-electron chi connectivity index (χ3n) is 5.10. The zero-order valence-corrected chi connectivity index (χ0v) is 20.2. The molecular weight excluding hydrogens is 436 g/mol. The van der Waals surface area contributed by atoms with Gasteiger partial charge in [0.15, 0.2) is 0 Å². The van der Waals surface area contributed by atoms with Crippen LogP contribution in [-0.4, -0.2) is 11.9 Å². The van der Waals surface area contributed by atoms with Crippen molar-refractivity contribution in [2.24, 2.45) is 0 Å². The smallest absolute Gasteiger partial charge is 0.338 e. The minimum absolute atomic E-state index is 0.363. The summed E-state index contributed by atoms with van der Waals surface area (Å²) in [4.78, 5) is 23.2. The lowest BCUT2D eigenvalue weighted by molar-refractivity contribution is -0.130. The van der Waals surface area contributed by atoms with Crippen LogP contribution in [0.25, 0.3) is 24.3 Å².